The Morgan fingerprint density at radius 2 is 1.96 bits per heavy atom. The van der Waals surface area contributed by atoms with Crippen LogP contribution >= 0.6 is 27.5 Å². The van der Waals surface area contributed by atoms with Gasteiger partial charge in [-0.15, -0.1) is 0 Å². The lowest BCUT2D eigenvalue weighted by molar-refractivity contribution is -0.116. The molecule has 5 nitrogen and oxygen atoms in total. The van der Waals surface area contributed by atoms with Crippen LogP contribution in [0, 0.1) is 13.8 Å². The SMILES string of the molecule is Cc1cc(Br)ccc1NC(=O)CN(C)C(=O)c1oc2c(Cl)cccc2c1C. The highest BCUT2D eigenvalue weighted by molar-refractivity contribution is 9.10. The summed E-state index contributed by atoms with van der Waals surface area (Å²) < 4.78 is 6.62. The molecule has 1 N–H and O–H groups in total. The number of fused-ring (bicyclic) bond motifs is 1. The number of carbonyl (C=O) groups is 2. The molecule has 0 bridgehead atoms. The summed E-state index contributed by atoms with van der Waals surface area (Å²) in [5, 5.41) is 4.05. The van der Waals surface area contributed by atoms with Gasteiger partial charge in [-0.3, -0.25) is 9.59 Å². The van der Waals surface area contributed by atoms with Crippen LogP contribution in [0.3, 0.4) is 0 Å². The number of aryl methyl sites for hydroxylation is 2. The van der Waals surface area contributed by atoms with E-state index in [0.29, 0.717) is 21.9 Å². The normalized spacial score (nSPS) is 10.9. The summed E-state index contributed by atoms with van der Waals surface area (Å²) in [6.45, 7) is 3.60. The van der Waals surface area contributed by atoms with Crippen LogP contribution in [0.15, 0.2) is 45.3 Å². The van der Waals surface area contributed by atoms with Crippen molar-refractivity contribution in [2.24, 2.45) is 0 Å². The lowest BCUT2D eigenvalue weighted by Gasteiger charge is -2.16. The molecule has 0 unspecified atom stereocenters. The van der Waals surface area contributed by atoms with E-state index < -0.39 is 0 Å². The molecule has 0 saturated carbocycles. The van der Waals surface area contributed by atoms with E-state index in [2.05, 4.69) is 21.2 Å². The average Bonchev–Trinajstić information content (AvgIpc) is 2.95. The zero-order valence-corrected chi connectivity index (χ0v) is 17.4. The zero-order chi connectivity index (χ0) is 19.7. The van der Waals surface area contributed by atoms with Crippen molar-refractivity contribution in [1.82, 2.24) is 4.90 Å². The molecule has 0 fully saturated rings. The molecule has 2 aromatic carbocycles. The Morgan fingerprint density at radius 1 is 1.22 bits per heavy atom. The average molecular weight is 450 g/mol. The van der Waals surface area contributed by atoms with Gasteiger partial charge < -0.3 is 14.6 Å². The second-order valence-electron chi connectivity index (χ2n) is 6.34. The van der Waals surface area contributed by atoms with Gasteiger partial charge in [-0.25, -0.2) is 0 Å². The van der Waals surface area contributed by atoms with Crippen LogP contribution in [0.5, 0.6) is 0 Å². The molecule has 0 aliphatic heterocycles. The van der Waals surface area contributed by atoms with E-state index in [-0.39, 0.29) is 24.1 Å². The third kappa shape index (κ3) is 4.01. The minimum atomic E-state index is -0.373. The molecule has 2 amide bonds. The standard InChI is InChI=1S/C20H18BrClN2O3/c1-11-9-13(21)7-8-16(11)23-17(25)10-24(3)20(26)18-12(2)14-5-4-6-15(22)19(14)27-18/h4-9H,10H2,1-3H3,(H,23,25). The third-order valence-corrected chi connectivity index (χ3v) is 5.09. The first-order chi connectivity index (χ1) is 12.8. The Morgan fingerprint density at radius 3 is 2.63 bits per heavy atom. The number of furan rings is 1. The van der Waals surface area contributed by atoms with Crippen molar-refractivity contribution in [3.05, 3.63) is 62.8 Å². The topological polar surface area (TPSA) is 62.6 Å². The fraction of sp³-hybridized carbons (Fsp3) is 0.200. The maximum absolute atomic E-state index is 12.7. The quantitative estimate of drug-likeness (QED) is 0.597. The van der Waals surface area contributed by atoms with Crippen LogP contribution in [-0.2, 0) is 4.79 Å². The summed E-state index contributed by atoms with van der Waals surface area (Å²) in [5.41, 5.74) is 2.81. The summed E-state index contributed by atoms with van der Waals surface area (Å²) in [6.07, 6.45) is 0. The van der Waals surface area contributed by atoms with E-state index in [9.17, 15) is 9.59 Å². The Bertz CT molecular complexity index is 1050. The number of likely N-dealkylation sites (N-methyl/N-ethyl adjacent to an activating group) is 1. The number of benzene rings is 2. The lowest BCUT2D eigenvalue weighted by atomic mass is 10.1. The van der Waals surface area contributed by atoms with Crippen LogP contribution in [0.25, 0.3) is 11.0 Å². The predicted octanol–water partition coefficient (Wildman–Crippen LogP) is 5.18. The molecule has 7 heteroatoms. The van der Waals surface area contributed by atoms with Gasteiger partial charge >= 0.3 is 0 Å². The minimum absolute atomic E-state index is 0.0987. The van der Waals surface area contributed by atoms with E-state index in [1.807, 2.05) is 31.2 Å². The van der Waals surface area contributed by atoms with Crippen LogP contribution in [0.2, 0.25) is 5.02 Å². The lowest BCUT2D eigenvalue weighted by Crippen LogP contribution is -2.35. The largest absolute Gasteiger partial charge is 0.449 e. The molecule has 1 aromatic heterocycles. The van der Waals surface area contributed by atoms with Gasteiger partial charge in [0.25, 0.3) is 5.91 Å². The smallest absolute Gasteiger partial charge is 0.290 e. The van der Waals surface area contributed by atoms with Gasteiger partial charge in [0.15, 0.2) is 11.3 Å². The van der Waals surface area contributed by atoms with Crippen molar-refractivity contribution >= 4 is 56.0 Å². The number of carbonyl (C=O) groups excluding carboxylic acids is 2. The molecule has 0 saturated heterocycles. The summed E-state index contributed by atoms with van der Waals surface area (Å²) in [5.74, 6) is -0.473. The number of anilines is 1. The Labute approximate surface area is 170 Å². The Balaban J connectivity index is 1.75. The van der Waals surface area contributed by atoms with E-state index >= 15 is 0 Å². The molecular weight excluding hydrogens is 432 g/mol. The summed E-state index contributed by atoms with van der Waals surface area (Å²) in [4.78, 5) is 26.4. The molecule has 0 radical (unpaired) electrons. The van der Waals surface area contributed by atoms with Gasteiger partial charge in [0.2, 0.25) is 5.91 Å². The first-order valence-corrected chi connectivity index (χ1v) is 9.44. The number of amides is 2. The molecule has 0 spiro atoms. The molecule has 1 heterocycles. The number of hydrogen-bond donors (Lipinski definition) is 1. The predicted molar refractivity (Wildman–Crippen MR) is 110 cm³/mol. The molecule has 3 rings (SSSR count). The van der Waals surface area contributed by atoms with Crippen LogP contribution < -0.4 is 5.32 Å². The van der Waals surface area contributed by atoms with Gasteiger partial charge in [-0.2, -0.15) is 0 Å². The van der Waals surface area contributed by atoms with E-state index in [1.165, 1.54) is 4.90 Å². The number of rotatable bonds is 4. The molecule has 3 aromatic rings. The van der Waals surface area contributed by atoms with Crippen LogP contribution in [0.4, 0.5) is 5.69 Å². The molecular formula is C20H18BrClN2O3. The number of halogens is 2. The number of hydrogen-bond acceptors (Lipinski definition) is 3. The van der Waals surface area contributed by atoms with Gasteiger partial charge in [-0.05, 0) is 43.7 Å². The van der Waals surface area contributed by atoms with Crippen molar-refractivity contribution in [3.8, 4) is 0 Å². The van der Waals surface area contributed by atoms with Crippen molar-refractivity contribution < 1.29 is 14.0 Å². The molecule has 0 aliphatic carbocycles. The van der Waals surface area contributed by atoms with Gasteiger partial charge in [-0.1, -0.05) is 39.7 Å². The maximum Gasteiger partial charge on any atom is 0.290 e. The van der Waals surface area contributed by atoms with Crippen LogP contribution in [-0.4, -0.2) is 30.3 Å². The van der Waals surface area contributed by atoms with Crippen molar-refractivity contribution in [1.29, 1.82) is 0 Å². The first-order valence-electron chi connectivity index (χ1n) is 8.27. The molecule has 0 aliphatic rings. The Hall–Kier alpha value is -2.31. The van der Waals surface area contributed by atoms with Gasteiger partial charge in [0, 0.05) is 28.2 Å². The number of nitrogens with one attached hydrogen (secondary N) is 1. The summed E-state index contributed by atoms with van der Waals surface area (Å²) >= 11 is 9.53. The summed E-state index contributed by atoms with van der Waals surface area (Å²) in [7, 11) is 1.56. The molecule has 0 atom stereocenters. The first kappa shape index (κ1) is 19.5. The maximum atomic E-state index is 12.7. The van der Waals surface area contributed by atoms with E-state index in [4.69, 9.17) is 16.0 Å². The van der Waals surface area contributed by atoms with E-state index in [1.54, 1.807) is 26.1 Å². The monoisotopic (exact) mass is 448 g/mol. The highest BCUT2D eigenvalue weighted by Gasteiger charge is 2.23. The number of para-hydroxylation sites is 1. The van der Waals surface area contributed by atoms with E-state index in [0.717, 1.165) is 15.4 Å². The van der Waals surface area contributed by atoms with Crippen molar-refractivity contribution in [2.75, 3.05) is 18.9 Å². The van der Waals surface area contributed by atoms with Gasteiger partial charge in [0.1, 0.15) is 0 Å². The second kappa shape index (κ2) is 7.74. The summed E-state index contributed by atoms with van der Waals surface area (Å²) in [6, 6.07) is 10.9. The highest BCUT2D eigenvalue weighted by Crippen LogP contribution is 2.31. The fourth-order valence-electron chi connectivity index (χ4n) is 2.83. The number of nitrogens with zero attached hydrogens (tertiary/aromatic N) is 1. The minimum Gasteiger partial charge on any atom is -0.449 e. The fourth-order valence-corrected chi connectivity index (χ4v) is 3.52. The van der Waals surface area contributed by atoms with Crippen LogP contribution in [0.1, 0.15) is 21.7 Å². The molecule has 140 valence electrons. The molecule has 27 heavy (non-hydrogen) atoms. The van der Waals surface area contributed by atoms with Crippen molar-refractivity contribution in [3.63, 3.8) is 0 Å². The second-order valence-corrected chi connectivity index (χ2v) is 7.66. The highest BCUT2D eigenvalue weighted by atomic mass is 79.9. The van der Waals surface area contributed by atoms with Gasteiger partial charge in [0.05, 0.1) is 11.6 Å². The Kier molecular flexibility index (Phi) is 5.58. The third-order valence-electron chi connectivity index (χ3n) is 4.30. The van der Waals surface area contributed by atoms with Crippen molar-refractivity contribution in [2.45, 2.75) is 13.8 Å². The zero-order valence-electron chi connectivity index (χ0n) is 15.1.